The van der Waals surface area contributed by atoms with Crippen LogP contribution in [0.2, 0.25) is 0 Å². The molecular weight excluding hydrogens is 332 g/mol. The van der Waals surface area contributed by atoms with Gasteiger partial charge in [0.05, 0.1) is 14.2 Å². The van der Waals surface area contributed by atoms with E-state index in [1.165, 1.54) is 7.11 Å². The van der Waals surface area contributed by atoms with Crippen LogP contribution in [0.4, 0.5) is 5.69 Å². The molecule has 0 saturated heterocycles. The highest BCUT2D eigenvalue weighted by Crippen LogP contribution is 2.27. The topological polar surface area (TPSA) is 94.6 Å². The Morgan fingerprint density at radius 3 is 2.46 bits per heavy atom. The van der Waals surface area contributed by atoms with Crippen LogP contribution in [-0.2, 0) is 4.74 Å². The van der Waals surface area contributed by atoms with Gasteiger partial charge in [0.2, 0.25) is 11.6 Å². The summed E-state index contributed by atoms with van der Waals surface area (Å²) in [5, 5.41) is 2.69. The summed E-state index contributed by atoms with van der Waals surface area (Å²) in [6.45, 7) is 0. The molecule has 1 aliphatic rings. The Hall–Kier alpha value is -3.00. The Labute approximate surface area is 140 Å². The Bertz CT molecular complexity index is 867. The molecule has 0 aliphatic heterocycles. The molecule has 0 unspecified atom stereocenters. The number of nitrogens with zero attached hydrogens (tertiary/aromatic N) is 1. The zero-order valence-electron chi connectivity index (χ0n) is 12.8. The minimum Gasteiger partial charge on any atom is -0.497 e. The number of aromatic nitrogens is 1. The molecule has 3 rings (SSSR count). The molecule has 1 aromatic carbocycles. The lowest BCUT2D eigenvalue weighted by Gasteiger charge is -2.07. The van der Waals surface area contributed by atoms with E-state index < -0.39 is 17.5 Å². The van der Waals surface area contributed by atoms with E-state index >= 15 is 0 Å². The molecule has 1 amide bonds. The van der Waals surface area contributed by atoms with E-state index in [4.69, 9.17) is 9.47 Å². The maximum atomic E-state index is 12.3. The summed E-state index contributed by atoms with van der Waals surface area (Å²) in [6.07, 6.45) is 1.11. The van der Waals surface area contributed by atoms with Crippen molar-refractivity contribution in [3.05, 3.63) is 51.7 Å². The van der Waals surface area contributed by atoms with Crippen molar-refractivity contribution in [3.63, 3.8) is 0 Å². The molecule has 1 heterocycles. The fraction of sp³-hybridized carbons (Fsp3) is 0.125. The molecule has 0 radical (unpaired) electrons. The van der Waals surface area contributed by atoms with Crippen LogP contribution in [0.1, 0.15) is 30.0 Å². The van der Waals surface area contributed by atoms with Crippen LogP contribution in [0.5, 0.6) is 5.75 Å². The van der Waals surface area contributed by atoms with E-state index in [9.17, 15) is 14.4 Å². The van der Waals surface area contributed by atoms with Crippen LogP contribution in [0.3, 0.4) is 0 Å². The summed E-state index contributed by atoms with van der Waals surface area (Å²) in [6, 6.07) is 6.74. The van der Waals surface area contributed by atoms with Crippen molar-refractivity contribution in [1.82, 2.24) is 4.98 Å². The predicted octanol–water partition coefficient (Wildman–Crippen LogP) is 2.31. The smallest absolute Gasteiger partial charge is 0.284 e. The Kier molecular flexibility index (Phi) is 4.13. The van der Waals surface area contributed by atoms with Gasteiger partial charge >= 0.3 is 0 Å². The van der Waals surface area contributed by atoms with Gasteiger partial charge in [-0.3, -0.25) is 14.4 Å². The molecule has 1 aliphatic carbocycles. The number of hydrogen-bond acceptors (Lipinski definition) is 7. The minimum atomic E-state index is -0.508. The Balaban J connectivity index is 1.84. The standard InChI is InChI=1S/C16H12N2O5S/c1-22-9-5-3-8(4-6-9)17-15(21)16-18-12-13(20)11(23-2)7-10(19)14(12)24-16/h3-7H,1-2H3,(H,17,21). The number of methoxy groups -OCH3 is 2. The number of hydrogen-bond donors (Lipinski definition) is 1. The first kappa shape index (κ1) is 15.9. The lowest BCUT2D eigenvalue weighted by Crippen LogP contribution is -2.17. The van der Waals surface area contributed by atoms with E-state index in [1.807, 2.05) is 0 Å². The van der Waals surface area contributed by atoms with Gasteiger partial charge in [0.15, 0.2) is 10.8 Å². The number of thiazole rings is 1. The second-order valence-corrected chi connectivity index (χ2v) is 5.78. The summed E-state index contributed by atoms with van der Waals surface area (Å²) in [5.41, 5.74) is 0.492. The maximum Gasteiger partial charge on any atom is 0.284 e. The average molecular weight is 344 g/mol. The number of fused-ring (bicyclic) bond motifs is 1. The van der Waals surface area contributed by atoms with E-state index in [2.05, 4.69) is 10.3 Å². The van der Waals surface area contributed by atoms with Crippen LogP contribution in [0.15, 0.2) is 36.1 Å². The molecule has 122 valence electrons. The quantitative estimate of drug-likeness (QED) is 0.914. The summed E-state index contributed by atoms with van der Waals surface area (Å²) < 4.78 is 9.90. The van der Waals surface area contributed by atoms with Gasteiger partial charge in [0.1, 0.15) is 16.3 Å². The van der Waals surface area contributed by atoms with E-state index in [-0.39, 0.29) is 21.3 Å². The Morgan fingerprint density at radius 2 is 1.83 bits per heavy atom. The van der Waals surface area contributed by atoms with Gasteiger partial charge < -0.3 is 14.8 Å². The maximum absolute atomic E-state index is 12.3. The number of carbonyl (C=O) groups excluding carboxylic acids is 3. The highest BCUT2D eigenvalue weighted by atomic mass is 32.1. The lowest BCUT2D eigenvalue weighted by atomic mass is 10.1. The summed E-state index contributed by atoms with van der Waals surface area (Å²) in [7, 11) is 2.84. The van der Waals surface area contributed by atoms with Crippen LogP contribution in [-0.4, -0.2) is 36.7 Å². The molecule has 0 atom stereocenters. The number of amides is 1. The average Bonchev–Trinajstić information content (AvgIpc) is 3.05. The van der Waals surface area contributed by atoms with Gasteiger partial charge in [0.25, 0.3) is 5.91 Å². The van der Waals surface area contributed by atoms with Gasteiger partial charge in [-0.25, -0.2) is 4.98 Å². The number of allylic oxidation sites excluding steroid dienone is 2. The molecule has 7 nitrogen and oxygen atoms in total. The third-order valence-electron chi connectivity index (χ3n) is 3.31. The number of rotatable bonds is 4. The second-order valence-electron chi connectivity index (χ2n) is 4.79. The number of benzene rings is 1. The number of anilines is 1. The minimum absolute atomic E-state index is 0.0308. The molecule has 0 saturated carbocycles. The van der Waals surface area contributed by atoms with Crippen LogP contribution < -0.4 is 10.1 Å². The summed E-state index contributed by atoms with van der Waals surface area (Å²) in [5.74, 6) is -0.833. The van der Waals surface area contributed by atoms with Crippen LogP contribution >= 0.6 is 11.3 Å². The van der Waals surface area contributed by atoms with Crippen LogP contribution in [0.25, 0.3) is 0 Å². The highest BCUT2D eigenvalue weighted by Gasteiger charge is 2.32. The highest BCUT2D eigenvalue weighted by molar-refractivity contribution is 7.16. The zero-order valence-corrected chi connectivity index (χ0v) is 13.6. The normalized spacial score (nSPS) is 13.2. The molecule has 0 spiro atoms. The van der Waals surface area contributed by atoms with Crippen molar-refractivity contribution < 1.29 is 23.9 Å². The number of carbonyl (C=O) groups is 3. The van der Waals surface area contributed by atoms with Gasteiger partial charge in [-0.05, 0) is 24.3 Å². The molecular formula is C16H12N2O5S. The Morgan fingerprint density at radius 1 is 1.12 bits per heavy atom. The second kappa shape index (κ2) is 6.25. The number of Topliss-reactive ketones (excluding diaryl/α,β-unsaturated/α-hetero) is 1. The first-order valence-electron chi connectivity index (χ1n) is 6.84. The fourth-order valence-corrected chi connectivity index (χ4v) is 2.98. The van der Waals surface area contributed by atoms with Crippen LogP contribution in [0, 0.1) is 0 Å². The first-order valence-corrected chi connectivity index (χ1v) is 7.66. The summed E-state index contributed by atoms with van der Waals surface area (Å²) >= 11 is 0.876. The molecule has 0 bridgehead atoms. The third-order valence-corrected chi connectivity index (χ3v) is 4.38. The number of nitrogens with one attached hydrogen (secondary N) is 1. The van der Waals surface area contributed by atoms with Gasteiger partial charge in [0, 0.05) is 11.8 Å². The van der Waals surface area contributed by atoms with E-state index in [0.717, 1.165) is 17.4 Å². The van der Waals surface area contributed by atoms with Crippen molar-refractivity contribution in [1.29, 1.82) is 0 Å². The monoisotopic (exact) mass is 344 g/mol. The van der Waals surface area contributed by atoms with Crippen molar-refractivity contribution >= 4 is 34.5 Å². The zero-order chi connectivity index (χ0) is 17.3. The number of ether oxygens (including phenoxy) is 2. The van der Waals surface area contributed by atoms with Crippen molar-refractivity contribution in [2.75, 3.05) is 19.5 Å². The molecule has 1 aromatic heterocycles. The number of ketones is 2. The predicted molar refractivity (Wildman–Crippen MR) is 86.8 cm³/mol. The fourth-order valence-electron chi connectivity index (χ4n) is 2.12. The van der Waals surface area contributed by atoms with Gasteiger partial charge in [-0.15, -0.1) is 11.3 Å². The van der Waals surface area contributed by atoms with Crippen molar-refractivity contribution in [2.24, 2.45) is 0 Å². The molecule has 2 aromatic rings. The summed E-state index contributed by atoms with van der Waals surface area (Å²) in [4.78, 5) is 40.5. The van der Waals surface area contributed by atoms with Gasteiger partial charge in [-0.1, -0.05) is 0 Å². The van der Waals surface area contributed by atoms with E-state index in [0.29, 0.717) is 11.4 Å². The molecule has 8 heteroatoms. The lowest BCUT2D eigenvalue weighted by molar-refractivity contribution is 0.0914. The van der Waals surface area contributed by atoms with Gasteiger partial charge in [-0.2, -0.15) is 0 Å². The first-order chi connectivity index (χ1) is 11.5. The SMILES string of the molecule is COC1=CC(=O)c2sc(C(=O)Nc3ccc(OC)cc3)nc2C1=O. The third kappa shape index (κ3) is 2.79. The van der Waals surface area contributed by atoms with Crippen molar-refractivity contribution in [2.45, 2.75) is 0 Å². The van der Waals surface area contributed by atoms with Crippen molar-refractivity contribution in [3.8, 4) is 5.75 Å². The molecule has 0 fully saturated rings. The van der Waals surface area contributed by atoms with E-state index in [1.54, 1.807) is 31.4 Å². The molecule has 24 heavy (non-hydrogen) atoms. The molecule has 1 N–H and O–H groups in total. The largest absolute Gasteiger partial charge is 0.497 e.